The summed E-state index contributed by atoms with van der Waals surface area (Å²) in [6, 6.07) is 6.82. The normalized spacial score (nSPS) is 12.6. The number of rotatable bonds is 7. The molecule has 4 nitrogen and oxygen atoms in total. The molecule has 108 valence electrons. The molecule has 4 N–H and O–H groups in total. The van der Waals surface area contributed by atoms with E-state index in [0.29, 0.717) is 24.4 Å². The molecule has 0 aliphatic heterocycles. The highest BCUT2D eigenvalue weighted by atomic mass is 32.1. The van der Waals surface area contributed by atoms with E-state index in [2.05, 4.69) is 9.36 Å². The molecule has 0 fully saturated rings. The minimum Gasteiger partial charge on any atom is -0.330 e. The predicted octanol–water partition coefficient (Wildman–Crippen LogP) is 1.88. The van der Waals surface area contributed by atoms with E-state index in [1.54, 1.807) is 12.1 Å². The molecule has 20 heavy (non-hydrogen) atoms. The molecule has 2 aromatic rings. The van der Waals surface area contributed by atoms with Gasteiger partial charge in [-0.05, 0) is 42.5 Å². The lowest BCUT2D eigenvalue weighted by molar-refractivity contribution is 0.574. The van der Waals surface area contributed by atoms with Gasteiger partial charge in [0.2, 0.25) is 0 Å². The van der Waals surface area contributed by atoms with Crippen molar-refractivity contribution in [2.45, 2.75) is 31.7 Å². The Morgan fingerprint density at radius 2 is 2.05 bits per heavy atom. The Balaban J connectivity index is 1.91. The van der Waals surface area contributed by atoms with Crippen LogP contribution in [0.2, 0.25) is 0 Å². The number of nitrogens with two attached hydrogens (primary N) is 2. The van der Waals surface area contributed by atoms with E-state index < -0.39 is 0 Å². The summed E-state index contributed by atoms with van der Waals surface area (Å²) in [6.07, 6.45) is 2.90. The van der Waals surface area contributed by atoms with Gasteiger partial charge in [-0.3, -0.25) is 0 Å². The van der Waals surface area contributed by atoms with E-state index in [-0.39, 0.29) is 11.9 Å². The number of aromatic nitrogens is 2. The molecule has 6 heteroatoms. The summed E-state index contributed by atoms with van der Waals surface area (Å²) in [5.74, 6) is 0.455. The second kappa shape index (κ2) is 7.42. The zero-order valence-electron chi connectivity index (χ0n) is 11.3. The van der Waals surface area contributed by atoms with Gasteiger partial charge in [0.1, 0.15) is 16.6 Å². The van der Waals surface area contributed by atoms with Crippen molar-refractivity contribution in [2.24, 2.45) is 11.5 Å². The quantitative estimate of drug-likeness (QED) is 0.817. The van der Waals surface area contributed by atoms with Gasteiger partial charge >= 0.3 is 0 Å². The molecule has 0 saturated carbocycles. The Kier molecular flexibility index (Phi) is 5.58. The minimum absolute atomic E-state index is 0.110. The van der Waals surface area contributed by atoms with Crippen LogP contribution in [0, 0.1) is 5.82 Å². The van der Waals surface area contributed by atoms with Gasteiger partial charge in [0.15, 0.2) is 0 Å². The van der Waals surface area contributed by atoms with Crippen molar-refractivity contribution in [2.75, 3.05) is 6.54 Å². The fourth-order valence-electron chi connectivity index (χ4n) is 1.94. The molecule has 1 unspecified atom stereocenters. The average Bonchev–Trinajstić information content (AvgIpc) is 2.87. The summed E-state index contributed by atoms with van der Waals surface area (Å²) >= 11 is 1.36. The Hall–Kier alpha value is -1.37. The number of benzene rings is 1. The molecule has 0 aliphatic carbocycles. The fourth-order valence-corrected chi connectivity index (χ4v) is 2.61. The fraction of sp³-hybridized carbons (Fsp3) is 0.429. The van der Waals surface area contributed by atoms with Crippen molar-refractivity contribution < 1.29 is 4.39 Å². The van der Waals surface area contributed by atoms with Crippen LogP contribution >= 0.6 is 11.5 Å². The van der Waals surface area contributed by atoms with E-state index in [9.17, 15) is 4.39 Å². The summed E-state index contributed by atoms with van der Waals surface area (Å²) in [6.45, 7) is 0.607. The summed E-state index contributed by atoms with van der Waals surface area (Å²) < 4.78 is 17.8. The van der Waals surface area contributed by atoms with Crippen molar-refractivity contribution in [3.8, 4) is 0 Å². The molecule has 1 heterocycles. The first-order valence-corrected chi connectivity index (χ1v) is 7.47. The third kappa shape index (κ3) is 4.33. The standard InChI is InChI=1S/C14H19FN4S/c15-12-4-2-1-3-10(12)9-13-18-14(20-19-13)6-5-11(17)7-8-16/h1-4,11H,5-9,16-17H2. The average molecular weight is 294 g/mol. The molecule has 0 radical (unpaired) electrons. The number of halogens is 1. The molecular formula is C14H19FN4S. The zero-order valence-corrected chi connectivity index (χ0v) is 12.1. The van der Waals surface area contributed by atoms with Crippen molar-refractivity contribution in [3.05, 3.63) is 46.5 Å². The molecule has 0 saturated heterocycles. The number of hydrogen-bond donors (Lipinski definition) is 2. The van der Waals surface area contributed by atoms with Crippen LogP contribution in [0.3, 0.4) is 0 Å². The van der Waals surface area contributed by atoms with Crippen molar-refractivity contribution in [1.29, 1.82) is 0 Å². The van der Waals surface area contributed by atoms with Crippen LogP contribution in [-0.2, 0) is 12.8 Å². The first-order chi connectivity index (χ1) is 9.69. The van der Waals surface area contributed by atoms with Crippen LogP contribution in [0.15, 0.2) is 24.3 Å². The van der Waals surface area contributed by atoms with Crippen molar-refractivity contribution in [3.63, 3.8) is 0 Å². The topological polar surface area (TPSA) is 77.8 Å². The van der Waals surface area contributed by atoms with E-state index in [1.165, 1.54) is 17.6 Å². The summed E-state index contributed by atoms with van der Waals surface area (Å²) in [5, 5.41) is 0.948. The van der Waals surface area contributed by atoms with E-state index in [0.717, 1.165) is 24.3 Å². The monoisotopic (exact) mass is 294 g/mol. The Labute approximate surface area is 122 Å². The van der Waals surface area contributed by atoms with Gasteiger partial charge in [0.25, 0.3) is 0 Å². The number of hydrogen-bond acceptors (Lipinski definition) is 5. The molecule has 0 bridgehead atoms. The second-order valence-corrected chi connectivity index (χ2v) is 5.59. The van der Waals surface area contributed by atoms with Crippen LogP contribution < -0.4 is 11.5 Å². The van der Waals surface area contributed by atoms with Gasteiger partial charge in [0.05, 0.1) is 0 Å². The molecule has 1 atom stereocenters. The van der Waals surface area contributed by atoms with Crippen LogP contribution in [-0.4, -0.2) is 21.9 Å². The third-order valence-electron chi connectivity index (χ3n) is 3.08. The summed E-state index contributed by atoms with van der Waals surface area (Å²) in [5.41, 5.74) is 12.0. The molecule has 0 amide bonds. The first kappa shape index (κ1) is 15.0. The maximum Gasteiger partial charge on any atom is 0.147 e. The molecule has 1 aromatic carbocycles. The van der Waals surface area contributed by atoms with Crippen LogP contribution in [0.4, 0.5) is 4.39 Å². The van der Waals surface area contributed by atoms with Crippen molar-refractivity contribution in [1.82, 2.24) is 9.36 Å². The van der Waals surface area contributed by atoms with Crippen molar-refractivity contribution >= 4 is 11.5 Å². The van der Waals surface area contributed by atoms with Gasteiger partial charge in [-0.2, -0.15) is 4.37 Å². The first-order valence-electron chi connectivity index (χ1n) is 6.69. The van der Waals surface area contributed by atoms with E-state index in [4.69, 9.17) is 11.5 Å². The van der Waals surface area contributed by atoms with Gasteiger partial charge < -0.3 is 11.5 Å². The Bertz CT molecular complexity index is 543. The lowest BCUT2D eigenvalue weighted by Gasteiger charge is -2.07. The maximum atomic E-state index is 13.5. The predicted molar refractivity (Wildman–Crippen MR) is 79.1 cm³/mol. The van der Waals surface area contributed by atoms with Crippen LogP contribution in [0.25, 0.3) is 0 Å². The number of nitrogens with zero attached hydrogens (tertiary/aromatic N) is 2. The largest absolute Gasteiger partial charge is 0.330 e. The maximum absolute atomic E-state index is 13.5. The lowest BCUT2D eigenvalue weighted by atomic mass is 10.1. The van der Waals surface area contributed by atoms with Crippen LogP contribution in [0.5, 0.6) is 0 Å². The molecule has 1 aromatic heterocycles. The second-order valence-electron chi connectivity index (χ2n) is 4.75. The molecule has 2 rings (SSSR count). The molecular weight excluding hydrogens is 275 g/mol. The van der Waals surface area contributed by atoms with E-state index >= 15 is 0 Å². The van der Waals surface area contributed by atoms with Gasteiger partial charge in [0, 0.05) is 18.9 Å². The highest BCUT2D eigenvalue weighted by molar-refractivity contribution is 7.05. The summed E-state index contributed by atoms with van der Waals surface area (Å²) in [4.78, 5) is 4.43. The number of aryl methyl sites for hydroxylation is 1. The third-order valence-corrected chi connectivity index (χ3v) is 3.89. The van der Waals surface area contributed by atoms with Gasteiger partial charge in [-0.15, -0.1) is 0 Å². The minimum atomic E-state index is -0.214. The van der Waals surface area contributed by atoms with Gasteiger partial charge in [-0.25, -0.2) is 9.37 Å². The van der Waals surface area contributed by atoms with Crippen LogP contribution in [0.1, 0.15) is 29.2 Å². The lowest BCUT2D eigenvalue weighted by Crippen LogP contribution is -2.24. The van der Waals surface area contributed by atoms with E-state index in [1.807, 2.05) is 6.07 Å². The molecule has 0 aliphatic rings. The Morgan fingerprint density at radius 1 is 1.25 bits per heavy atom. The summed E-state index contributed by atoms with van der Waals surface area (Å²) in [7, 11) is 0. The van der Waals surface area contributed by atoms with Gasteiger partial charge in [-0.1, -0.05) is 18.2 Å². The SMILES string of the molecule is NCCC(N)CCc1nc(Cc2ccccc2F)ns1. The zero-order chi connectivity index (χ0) is 14.4. The highest BCUT2D eigenvalue weighted by Gasteiger charge is 2.09. The smallest absolute Gasteiger partial charge is 0.147 e. The molecule has 0 spiro atoms. The Morgan fingerprint density at radius 3 is 2.80 bits per heavy atom. The highest BCUT2D eigenvalue weighted by Crippen LogP contribution is 2.14.